The zero-order valence-electron chi connectivity index (χ0n) is 12.4. The van der Waals surface area contributed by atoms with Crippen LogP contribution in [0.3, 0.4) is 0 Å². The summed E-state index contributed by atoms with van der Waals surface area (Å²) >= 11 is 6.05. The van der Waals surface area contributed by atoms with Crippen LogP contribution in [0.5, 0.6) is 5.75 Å². The Hall–Kier alpha value is -1.63. The maximum Gasteiger partial charge on any atom is 0.243 e. The Morgan fingerprint density at radius 2 is 2.00 bits per heavy atom. The fourth-order valence-corrected chi connectivity index (χ4v) is 4.29. The molecular formula is C16H17ClN2O3S. The van der Waals surface area contributed by atoms with Crippen molar-refractivity contribution >= 4 is 21.6 Å². The van der Waals surface area contributed by atoms with E-state index in [1.807, 2.05) is 0 Å². The summed E-state index contributed by atoms with van der Waals surface area (Å²) in [5.41, 5.74) is 0. The molecule has 7 heteroatoms. The quantitative estimate of drug-likeness (QED) is 0.848. The Balaban J connectivity index is 1.75. The van der Waals surface area contributed by atoms with Gasteiger partial charge in [0.05, 0.1) is 11.4 Å². The number of piperidine rings is 1. The molecule has 3 rings (SSSR count). The van der Waals surface area contributed by atoms with E-state index in [0.29, 0.717) is 28.8 Å². The van der Waals surface area contributed by atoms with E-state index in [1.165, 1.54) is 10.5 Å². The van der Waals surface area contributed by atoms with Gasteiger partial charge in [0.2, 0.25) is 10.0 Å². The van der Waals surface area contributed by atoms with Crippen molar-refractivity contribution in [3.8, 4) is 5.75 Å². The Morgan fingerprint density at radius 1 is 1.22 bits per heavy atom. The zero-order valence-corrected chi connectivity index (χ0v) is 14.0. The molecule has 5 nitrogen and oxygen atoms in total. The third-order valence-electron chi connectivity index (χ3n) is 3.75. The van der Waals surface area contributed by atoms with E-state index in [1.54, 1.807) is 42.6 Å². The number of aromatic nitrogens is 1. The lowest BCUT2D eigenvalue weighted by Crippen LogP contribution is -2.44. The van der Waals surface area contributed by atoms with Gasteiger partial charge in [-0.2, -0.15) is 4.31 Å². The molecule has 1 aromatic carbocycles. The second-order valence-corrected chi connectivity index (χ2v) is 7.71. The fraction of sp³-hybridized carbons (Fsp3) is 0.312. The largest absolute Gasteiger partial charge is 0.487 e. The van der Waals surface area contributed by atoms with E-state index in [4.69, 9.17) is 16.3 Å². The van der Waals surface area contributed by atoms with Gasteiger partial charge in [-0.25, -0.2) is 8.42 Å². The number of nitrogens with zero attached hydrogens (tertiary/aromatic N) is 2. The summed E-state index contributed by atoms with van der Waals surface area (Å²) in [7, 11) is -3.49. The van der Waals surface area contributed by atoms with Gasteiger partial charge in [-0.05, 0) is 25.0 Å². The van der Waals surface area contributed by atoms with Crippen LogP contribution in [0.25, 0.3) is 0 Å². The summed E-state index contributed by atoms with van der Waals surface area (Å²) in [6.07, 6.45) is 4.43. The first kappa shape index (κ1) is 16.2. The fourth-order valence-electron chi connectivity index (χ4n) is 2.60. The highest BCUT2D eigenvalue weighted by atomic mass is 35.5. The number of ether oxygens (including phenoxy) is 1. The number of hydrogen-bond acceptors (Lipinski definition) is 4. The Kier molecular flexibility index (Phi) is 4.84. The second kappa shape index (κ2) is 6.86. The molecule has 122 valence electrons. The van der Waals surface area contributed by atoms with E-state index < -0.39 is 10.0 Å². The molecule has 2 aromatic rings. The highest BCUT2D eigenvalue weighted by Crippen LogP contribution is 2.27. The van der Waals surface area contributed by atoms with Crippen molar-refractivity contribution < 1.29 is 13.2 Å². The molecule has 0 amide bonds. The highest BCUT2D eigenvalue weighted by Gasteiger charge is 2.31. The molecule has 2 heterocycles. The van der Waals surface area contributed by atoms with Crippen LogP contribution in [0.15, 0.2) is 53.7 Å². The van der Waals surface area contributed by atoms with Gasteiger partial charge >= 0.3 is 0 Å². The normalized spacial score (nSPS) is 19.4. The summed E-state index contributed by atoms with van der Waals surface area (Å²) in [5.74, 6) is 0.533. The Bertz CT molecular complexity index is 768. The summed E-state index contributed by atoms with van der Waals surface area (Å²) in [6, 6.07) is 10.2. The van der Waals surface area contributed by atoms with E-state index in [-0.39, 0.29) is 6.10 Å². The molecule has 0 saturated carbocycles. The summed E-state index contributed by atoms with van der Waals surface area (Å²) in [5, 5.41) is 0.426. The predicted octanol–water partition coefficient (Wildman–Crippen LogP) is 2.97. The van der Waals surface area contributed by atoms with Crippen molar-refractivity contribution in [2.24, 2.45) is 0 Å². The number of benzene rings is 1. The van der Waals surface area contributed by atoms with Crippen LogP contribution in [-0.2, 0) is 10.0 Å². The smallest absolute Gasteiger partial charge is 0.243 e. The minimum absolute atomic E-state index is 0.220. The molecule has 0 bridgehead atoms. The summed E-state index contributed by atoms with van der Waals surface area (Å²) in [6.45, 7) is 0.817. The lowest BCUT2D eigenvalue weighted by molar-refractivity contribution is 0.130. The van der Waals surface area contributed by atoms with Crippen molar-refractivity contribution in [3.05, 3.63) is 53.8 Å². The molecule has 0 radical (unpaired) electrons. The minimum Gasteiger partial charge on any atom is -0.487 e. The van der Waals surface area contributed by atoms with Gasteiger partial charge < -0.3 is 4.74 Å². The lowest BCUT2D eigenvalue weighted by atomic mass is 10.1. The lowest BCUT2D eigenvalue weighted by Gasteiger charge is -2.32. The number of rotatable bonds is 4. The van der Waals surface area contributed by atoms with Crippen molar-refractivity contribution in [2.75, 3.05) is 13.1 Å². The zero-order chi connectivity index (χ0) is 16.3. The SMILES string of the molecule is O=S(=O)(c1ccccc1)N1CCC[C@H](Oc2ccncc2Cl)C1. The maximum absolute atomic E-state index is 12.7. The Labute approximate surface area is 140 Å². The molecule has 1 aliphatic rings. The highest BCUT2D eigenvalue weighted by molar-refractivity contribution is 7.89. The molecule has 0 unspecified atom stereocenters. The molecule has 0 aliphatic carbocycles. The van der Waals surface area contributed by atoms with Crippen LogP contribution in [-0.4, -0.2) is 36.9 Å². The average molecular weight is 353 g/mol. The number of sulfonamides is 1. The van der Waals surface area contributed by atoms with Gasteiger partial charge in [0.15, 0.2) is 0 Å². The molecular weight excluding hydrogens is 336 g/mol. The van der Waals surface area contributed by atoms with Gasteiger partial charge in [-0.1, -0.05) is 29.8 Å². The van der Waals surface area contributed by atoms with Crippen molar-refractivity contribution in [1.82, 2.24) is 9.29 Å². The van der Waals surface area contributed by atoms with Gasteiger partial charge in [0.1, 0.15) is 16.9 Å². The molecule has 0 N–H and O–H groups in total. The van der Waals surface area contributed by atoms with Crippen LogP contribution < -0.4 is 4.74 Å². The van der Waals surface area contributed by atoms with Crippen molar-refractivity contribution in [3.63, 3.8) is 0 Å². The van der Waals surface area contributed by atoms with Crippen LogP contribution >= 0.6 is 11.6 Å². The minimum atomic E-state index is -3.49. The third-order valence-corrected chi connectivity index (χ3v) is 5.91. The van der Waals surface area contributed by atoms with Gasteiger partial charge in [-0.3, -0.25) is 4.98 Å². The second-order valence-electron chi connectivity index (χ2n) is 5.36. The third kappa shape index (κ3) is 3.65. The van der Waals surface area contributed by atoms with Crippen LogP contribution in [0.4, 0.5) is 0 Å². The van der Waals surface area contributed by atoms with Crippen LogP contribution in [0, 0.1) is 0 Å². The van der Waals surface area contributed by atoms with Crippen LogP contribution in [0.1, 0.15) is 12.8 Å². The molecule has 1 fully saturated rings. The maximum atomic E-state index is 12.7. The van der Waals surface area contributed by atoms with E-state index in [2.05, 4.69) is 4.98 Å². The Morgan fingerprint density at radius 3 is 2.74 bits per heavy atom. The van der Waals surface area contributed by atoms with E-state index in [0.717, 1.165) is 12.8 Å². The molecule has 1 atom stereocenters. The van der Waals surface area contributed by atoms with Crippen molar-refractivity contribution in [2.45, 2.75) is 23.8 Å². The molecule has 23 heavy (non-hydrogen) atoms. The first-order valence-corrected chi connectivity index (χ1v) is 9.20. The topological polar surface area (TPSA) is 59.5 Å². The van der Waals surface area contributed by atoms with Crippen LogP contribution in [0.2, 0.25) is 5.02 Å². The first-order chi connectivity index (χ1) is 11.1. The average Bonchev–Trinajstić information content (AvgIpc) is 2.58. The monoisotopic (exact) mass is 352 g/mol. The van der Waals surface area contributed by atoms with Gasteiger partial charge in [-0.15, -0.1) is 0 Å². The molecule has 1 aliphatic heterocycles. The number of halogens is 1. The van der Waals surface area contributed by atoms with E-state index in [9.17, 15) is 8.42 Å². The number of hydrogen-bond donors (Lipinski definition) is 0. The number of pyridine rings is 1. The van der Waals surface area contributed by atoms with Gasteiger partial charge in [0, 0.05) is 25.0 Å². The summed E-state index contributed by atoms with van der Waals surface area (Å²) < 4.78 is 32.7. The van der Waals surface area contributed by atoms with Crippen molar-refractivity contribution in [1.29, 1.82) is 0 Å². The standard InChI is InChI=1S/C16H17ClN2O3S/c17-15-11-18-9-8-16(15)22-13-5-4-10-19(12-13)23(20,21)14-6-2-1-3-7-14/h1-3,6-9,11,13H,4-5,10,12H2/t13-/m0/s1. The molecule has 0 spiro atoms. The predicted molar refractivity (Wildman–Crippen MR) is 88.1 cm³/mol. The summed E-state index contributed by atoms with van der Waals surface area (Å²) in [4.78, 5) is 4.22. The molecule has 1 saturated heterocycles. The molecule has 1 aromatic heterocycles. The first-order valence-electron chi connectivity index (χ1n) is 7.39. The van der Waals surface area contributed by atoms with E-state index >= 15 is 0 Å². The van der Waals surface area contributed by atoms with Gasteiger partial charge in [0.25, 0.3) is 0 Å².